The van der Waals surface area contributed by atoms with Crippen molar-refractivity contribution in [3.8, 4) is 0 Å². The SMILES string of the molecule is CC(C)N(CC(=O)O)S(=O)(=O)CC12CCC(CC1)C2. The van der Waals surface area contributed by atoms with Gasteiger partial charge in [0.25, 0.3) is 0 Å². The zero-order chi connectivity index (χ0) is 14.3. The van der Waals surface area contributed by atoms with Crippen molar-refractivity contribution in [2.45, 2.75) is 52.0 Å². The van der Waals surface area contributed by atoms with E-state index in [0.29, 0.717) is 5.92 Å². The van der Waals surface area contributed by atoms with Crippen LogP contribution in [-0.4, -0.2) is 42.1 Å². The molecule has 0 heterocycles. The van der Waals surface area contributed by atoms with Gasteiger partial charge in [-0.2, -0.15) is 4.31 Å². The van der Waals surface area contributed by atoms with Gasteiger partial charge >= 0.3 is 5.97 Å². The van der Waals surface area contributed by atoms with Crippen LogP contribution < -0.4 is 0 Å². The molecule has 0 amide bonds. The molecule has 19 heavy (non-hydrogen) atoms. The first-order chi connectivity index (χ1) is 8.74. The van der Waals surface area contributed by atoms with Crippen molar-refractivity contribution in [1.82, 2.24) is 4.31 Å². The molecule has 0 aliphatic heterocycles. The third-order valence-corrected chi connectivity index (χ3v) is 6.84. The van der Waals surface area contributed by atoms with Crippen LogP contribution in [0.1, 0.15) is 46.0 Å². The van der Waals surface area contributed by atoms with E-state index in [1.165, 1.54) is 0 Å². The van der Waals surface area contributed by atoms with Crippen LogP contribution in [0.5, 0.6) is 0 Å². The molecule has 2 aliphatic rings. The summed E-state index contributed by atoms with van der Waals surface area (Å²) < 4.78 is 26.2. The molecule has 0 aromatic carbocycles. The smallest absolute Gasteiger partial charge is 0.318 e. The van der Waals surface area contributed by atoms with Crippen LogP contribution in [0.25, 0.3) is 0 Å². The van der Waals surface area contributed by atoms with Gasteiger partial charge in [-0.3, -0.25) is 4.79 Å². The minimum Gasteiger partial charge on any atom is -0.480 e. The van der Waals surface area contributed by atoms with Crippen molar-refractivity contribution in [2.75, 3.05) is 12.3 Å². The van der Waals surface area contributed by atoms with Gasteiger partial charge in [-0.25, -0.2) is 8.42 Å². The quantitative estimate of drug-likeness (QED) is 0.807. The van der Waals surface area contributed by atoms with Crippen LogP contribution >= 0.6 is 0 Å². The lowest BCUT2D eigenvalue weighted by molar-refractivity contribution is -0.137. The molecule has 0 aromatic heterocycles. The Balaban J connectivity index is 2.14. The summed E-state index contributed by atoms with van der Waals surface area (Å²) in [6.07, 6.45) is 5.24. The average Bonchev–Trinajstić information content (AvgIpc) is 2.83. The summed E-state index contributed by atoms with van der Waals surface area (Å²) in [4.78, 5) is 10.8. The molecule has 2 fully saturated rings. The first-order valence-corrected chi connectivity index (χ1v) is 8.56. The maximum atomic E-state index is 12.5. The molecular formula is C13H23NO4S. The van der Waals surface area contributed by atoms with E-state index in [4.69, 9.17) is 5.11 Å². The van der Waals surface area contributed by atoms with Crippen molar-refractivity contribution in [3.63, 3.8) is 0 Å². The molecule has 0 atom stereocenters. The second kappa shape index (κ2) is 5.05. The van der Waals surface area contributed by atoms with Crippen molar-refractivity contribution in [2.24, 2.45) is 11.3 Å². The van der Waals surface area contributed by atoms with E-state index in [0.717, 1.165) is 36.4 Å². The van der Waals surface area contributed by atoms with Crippen molar-refractivity contribution < 1.29 is 18.3 Å². The Hall–Kier alpha value is -0.620. The standard InChI is InChI=1S/C13H23NO4S/c1-10(2)14(8-12(15)16)19(17,18)9-13-5-3-11(7-13)4-6-13/h10-11H,3-9H2,1-2H3,(H,15,16). The number of carboxylic acid groups (broad SMARTS) is 1. The van der Waals surface area contributed by atoms with E-state index in [9.17, 15) is 13.2 Å². The monoisotopic (exact) mass is 289 g/mol. The van der Waals surface area contributed by atoms with Gasteiger partial charge in [0.2, 0.25) is 10.0 Å². The number of hydrogen-bond acceptors (Lipinski definition) is 3. The van der Waals surface area contributed by atoms with E-state index < -0.39 is 22.5 Å². The number of carbonyl (C=O) groups is 1. The fraction of sp³-hybridized carbons (Fsp3) is 0.923. The molecule has 1 N–H and O–H groups in total. The number of rotatable bonds is 6. The summed E-state index contributed by atoms with van der Waals surface area (Å²) in [6, 6.07) is -0.309. The molecule has 0 aromatic rings. The molecule has 0 saturated heterocycles. The van der Waals surface area contributed by atoms with Gasteiger partial charge in [0.1, 0.15) is 6.54 Å². The second-order valence-corrected chi connectivity index (χ2v) is 8.36. The van der Waals surface area contributed by atoms with E-state index in [1.54, 1.807) is 13.8 Å². The van der Waals surface area contributed by atoms with Crippen LogP contribution in [0.4, 0.5) is 0 Å². The molecule has 2 rings (SSSR count). The van der Waals surface area contributed by atoms with Gasteiger partial charge in [-0.1, -0.05) is 0 Å². The van der Waals surface area contributed by atoms with Gasteiger partial charge in [0, 0.05) is 6.04 Å². The third-order valence-electron chi connectivity index (χ3n) is 4.60. The fourth-order valence-corrected chi connectivity index (χ4v) is 6.01. The number of hydrogen-bond donors (Lipinski definition) is 1. The summed E-state index contributed by atoms with van der Waals surface area (Å²) >= 11 is 0. The van der Waals surface area contributed by atoms with E-state index >= 15 is 0 Å². The summed E-state index contributed by atoms with van der Waals surface area (Å²) in [5.41, 5.74) is -0.0743. The molecule has 0 unspecified atom stereocenters. The van der Waals surface area contributed by atoms with Gasteiger partial charge < -0.3 is 5.11 Å². The first kappa shape index (κ1) is 14.8. The Kier molecular flexibility index (Phi) is 3.93. The highest BCUT2D eigenvalue weighted by atomic mass is 32.2. The van der Waals surface area contributed by atoms with E-state index in [2.05, 4.69) is 0 Å². The van der Waals surface area contributed by atoms with E-state index in [1.807, 2.05) is 0 Å². The average molecular weight is 289 g/mol. The molecule has 2 bridgehead atoms. The minimum absolute atomic E-state index is 0.0743. The van der Waals surface area contributed by atoms with Crippen LogP contribution in [0.3, 0.4) is 0 Å². The van der Waals surface area contributed by atoms with Gasteiger partial charge in [0.05, 0.1) is 5.75 Å². The summed E-state index contributed by atoms with van der Waals surface area (Å²) in [7, 11) is -3.49. The Morgan fingerprint density at radius 2 is 1.95 bits per heavy atom. The van der Waals surface area contributed by atoms with Crippen LogP contribution in [0.2, 0.25) is 0 Å². The minimum atomic E-state index is -3.49. The maximum Gasteiger partial charge on any atom is 0.318 e. The second-order valence-electron chi connectivity index (χ2n) is 6.44. The van der Waals surface area contributed by atoms with Crippen LogP contribution in [0.15, 0.2) is 0 Å². The van der Waals surface area contributed by atoms with Crippen molar-refractivity contribution >= 4 is 16.0 Å². The highest BCUT2D eigenvalue weighted by Gasteiger charge is 2.48. The zero-order valence-electron chi connectivity index (χ0n) is 11.6. The van der Waals surface area contributed by atoms with Gasteiger partial charge in [0.15, 0.2) is 0 Å². The van der Waals surface area contributed by atoms with Crippen molar-refractivity contribution in [3.05, 3.63) is 0 Å². The van der Waals surface area contributed by atoms with Gasteiger partial charge in [-0.15, -0.1) is 0 Å². The zero-order valence-corrected chi connectivity index (χ0v) is 12.4. The highest BCUT2D eigenvalue weighted by molar-refractivity contribution is 7.89. The predicted molar refractivity (Wildman–Crippen MR) is 72.3 cm³/mol. The highest BCUT2D eigenvalue weighted by Crippen LogP contribution is 2.54. The van der Waals surface area contributed by atoms with E-state index in [-0.39, 0.29) is 17.2 Å². The largest absolute Gasteiger partial charge is 0.480 e. The van der Waals surface area contributed by atoms with Crippen LogP contribution in [0, 0.1) is 11.3 Å². The number of carboxylic acids is 1. The van der Waals surface area contributed by atoms with Crippen molar-refractivity contribution in [1.29, 1.82) is 0 Å². The summed E-state index contributed by atoms with van der Waals surface area (Å²) in [6.45, 7) is 3.02. The lowest BCUT2D eigenvalue weighted by atomic mass is 9.87. The summed E-state index contributed by atoms with van der Waals surface area (Å²) in [5, 5.41) is 8.88. The number of sulfonamides is 1. The molecule has 0 radical (unpaired) electrons. The fourth-order valence-electron chi connectivity index (χ4n) is 3.72. The molecule has 5 nitrogen and oxygen atoms in total. The molecule has 0 spiro atoms. The topological polar surface area (TPSA) is 74.7 Å². The lowest BCUT2D eigenvalue weighted by Crippen LogP contribution is -2.44. The number of aliphatic carboxylic acids is 1. The number of fused-ring (bicyclic) bond motifs is 2. The first-order valence-electron chi connectivity index (χ1n) is 6.95. The number of nitrogens with zero attached hydrogens (tertiary/aromatic N) is 1. The summed E-state index contributed by atoms with van der Waals surface area (Å²) in [5.74, 6) is -0.269. The third kappa shape index (κ3) is 3.11. The normalized spacial score (nSPS) is 30.4. The molecule has 2 saturated carbocycles. The maximum absolute atomic E-state index is 12.5. The Morgan fingerprint density at radius 3 is 2.32 bits per heavy atom. The Morgan fingerprint density at radius 1 is 1.37 bits per heavy atom. The molecule has 2 aliphatic carbocycles. The van der Waals surface area contributed by atoms with Gasteiger partial charge in [-0.05, 0) is 57.3 Å². The molecule has 110 valence electrons. The Labute approximate surface area is 115 Å². The Bertz CT molecular complexity index is 449. The lowest BCUT2D eigenvalue weighted by Gasteiger charge is -2.31. The molecule has 6 heteroatoms. The van der Waals surface area contributed by atoms with Crippen LogP contribution in [-0.2, 0) is 14.8 Å². The molecular weight excluding hydrogens is 266 g/mol. The predicted octanol–water partition coefficient (Wildman–Crippen LogP) is 1.69.